The van der Waals surface area contributed by atoms with Gasteiger partial charge in [-0.05, 0) is 32.0 Å². The standard InChI is InChI=1S/C14H18N4O/c1-3-18-9-12(8-16-18)10(2)17-13-6-4-5-11(7-13)14(15)19/h4-10,17H,3H2,1-2H3,(H2,15,19). The van der Waals surface area contributed by atoms with E-state index in [4.69, 9.17) is 5.73 Å². The lowest BCUT2D eigenvalue weighted by Gasteiger charge is -2.14. The molecule has 0 saturated heterocycles. The molecule has 1 aromatic carbocycles. The molecule has 5 heteroatoms. The van der Waals surface area contributed by atoms with Crippen LogP contribution in [0.5, 0.6) is 0 Å². The maximum atomic E-state index is 11.1. The Morgan fingerprint density at radius 1 is 1.53 bits per heavy atom. The lowest BCUT2D eigenvalue weighted by molar-refractivity contribution is 0.100. The van der Waals surface area contributed by atoms with Gasteiger partial charge in [0.2, 0.25) is 5.91 Å². The highest BCUT2D eigenvalue weighted by atomic mass is 16.1. The molecule has 5 nitrogen and oxygen atoms in total. The number of aryl methyl sites for hydroxylation is 1. The first kappa shape index (κ1) is 13.1. The second-order valence-corrected chi connectivity index (χ2v) is 4.44. The van der Waals surface area contributed by atoms with Gasteiger partial charge in [-0.15, -0.1) is 0 Å². The molecule has 19 heavy (non-hydrogen) atoms. The molecule has 2 rings (SSSR count). The van der Waals surface area contributed by atoms with E-state index in [0.29, 0.717) is 5.56 Å². The van der Waals surface area contributed by atoms with Crippen LogP contribution >= 0.6 is 0 Å². The van der Waals surface area contributed by atoms with Gasteiger partial charge in [-0.25, -0.2) is 0 Å². The topological polar surface area (TPSA) is 72.9 Å². The number of anilines is 1. The van der Waals surface area contributed by atoms with Crippen LogP contribution in [0.3, 0.4) is 0 Å². The van der Waals surface area contributed by atoms with Crippen molar-refractivity contribution in [3.63, 3.8) is 0 Å². The van der Waals surface area contributed by atoms with E-state index in [1.54, 1.807) is 12.1 Å². The van der Waals surface area contributed by atoms with Gasteiger partial charge >= 0.3 is 0 Å². The summed E-state index contributed by atoms with van der Waals surface area (Å²) in [6, 6.07) is 7.29. The number of amides is 1. The van der Waals surface area contributed by atoms with Crippen LogP contribution in [0.2, 0.25) is 0 Å². The Morgan fingerprint density at radius 3 is 2.95 bits per heavy atom. The molecule has 0 spiro atoms. The number of nitrogens with one attached hydrogen (secondary N) is 1. The van der Waals surface area contributed by atoms with Gasteiger partial charge < -0.3 is 11.1 Å². The van der Waals surface area contributed by atoms with Gasteiger partial charge in [-0.3, -0.25) is 9.48 Å². The molecule has 0 aliphatic heterocycles. The van der Waals surface area contributed by atoms with Crippen LogP contribution in [-0.4, -0.2) is 15.7 Å². The quantitative estimate of drug-likeness (QED) is 0.863. The van der Waals surface area contributed by atoms with Crippen LogP contribution < -0.4 is 11.1 Å². The van der Waals surface area contributed by atoms with Crippen LogP contribution in [0.25, 0.3) is 0 Å². The molecule has 100 valence electrons. The zero-order valence-electron chi connectivity index (χ0n) is 11.1. The fraction of sp³-hybridized carbons (Fsp3) is 0.286. The molecule has 0 bridgehead atoms. The molecule has 0 saturated carbocycles. The molecule has 2 aromatic rings. The molecule has 3 N–H and O–H groups in total. The number of nitrogens with two attached hydrogens (primary N) is 1. The highest BCUT2D eigenvalue weighted by molar-refractivity contribution is 5.93. The van der Waals surface area contributed by atoms with Gasteiger partial charge in [0.25, 0.3) is 0 Å². The summed E-state index contributed by atoms with van der Waals surface area (Å²) in [5.41, 5.74) is 7.74. The Kier molecular flexibility index (Phi) is 3.85. The van der Waals surface area contributed by atoms with Crippen LogP contribution in [0.15, 0.2) is 36.7 Å². The first-order valence-corrected chi connectivity index (χ1v) is 6.29. The normalized spacial score (nSPS) is 12.1. The number of carbonyl (C=O) groups is 1. The van der Waals surface area contributed by atoms with Crippen LogP contribution in [0.4, 0.5) is 5.69 Å². The summed E-state index contributed by atoms with van der Waals surface area (Å²) < 4.78 is 1.88. The monoisotopic (exact) mass is 258 g/mol. The van der Waals surface area contributed by atoms with Crippen molar-refractivity contribution in [2.75, 3.05) is 5.32 Å². The Morgan fingerprint density at radius 2 is 2.32 bits per heavy atom. The maximum Gasteiger partial charge on any atom is 0.248 e. The first-order valence-electron chi connectivity index (χ1n) is 6.29. The van der Waals surface area contributed by atoms with Crippen molar-refractivity contribution in [2.45, 2.75) is 26.4 Å². The second kappa shape index (κ2) is 5.56. The van der Waals surface area contributed by atoms with E-state index >= 15 is 0 Å². The van der Waals surface area contributed by atoms with Gasteiger partial charge in [-0.1, -0.05) is 6.07 Å². The summed E-state index contributed by atoms with van der Waals surface area (Å²) in [5, 5.41) is 7.58. The summed E-state index contributed by atoms with van der Waals surface area (Å²) in [6.07, 6.45) is 3.86. The molecule has 1 aromatic heterocycles. The second-order valence-electron chi connectivity index (χ2n) is 4.44. The van der Waals surface area contributed by atoms with E-state index in [1.165, 1.54) is 0 Å². The number of primary amides is 1. The van der Waals surface area contributed by atoms with Crippen molar-refractivity contribution < 1.29 is 4.79 Å². The molecule has 1 unspecified atom stereocenters. The number of hydrogen-bond donors (Lipinski definition) is 2. The van der Waals surface area contributed by atoms with Crippen molar-refractivity contribution in [2.24, 2.45) is 5.73 Å². The lowest BCUT2D eigenvalue weighted by atomic mass is 10.1. The van der Waals surface area contributed by atoms with E-state index in [9.17, 15) is 4.79 Å². The van der Waals surface area contributed by atoms with Gasteiger partial charge in [0.05, 0.1) is 12.2 Å². The van der Waals surface area contributed by atoms with E-state index < -0.39 is 5.91 Å². The summed E-state index contributed by atoms with van der Waals surface area (Å²) in [7, 11) is 0. The summed E-state index contributed by atoms with van der Waals surface area (Å²) >= 11 is 0. The van der Waals surface area contributed by atoms with Crippen LogP contribution in [0.1, 0.15) is 35.8 Å². The largest absolute Gasteiger partial charge is 0.378 e. The smallest absolute Gasteiger partial charge is 0.248 e. The summed E-state index contributed by atoms with van der Waals surface area (Å²) in [5.74, 6) is -0.421. The van der Waals surface area contributed by atoms with E-state index in [2.05, 4.69) is 10.4 Å². The fourth-order valence-corrected chi connectivity index (χ4v) is 1.87. The number of nitrogens with zero attached hydrogens (tertiary/aromatic N) is 2. The zero-order valence-corrected chi connectivity index (χ0v) is 11.1. The maximum absolute atomic E-state index is 11.1. The van der Waals surface area contributed by atoms with E-state index in [0.717, 1.165) is 17.8 Å². The molecule has 0 radical (unpaired) electrons. The Labute approximate surface area is 112 Å². The molecule has 1 heterocycles. The number of aromatic nitrogens is 2. The van der Waals surface area contributed by atoms with Crippen molar-refractivity contribution >= 4 is 11.6 Å². The third kappa shape index (κ3) is 3.13. The Balaban J connectivity index is 2.12. The molecule has 1 amide bonds. The third-order valence-corrected chi connectivity index (χ3v) is 3.01. The minimum Gasteiger partial charge on any atom is -0.378 e. The van der Waals surface area contributed by atoms with Gasteiger partial charge in [0.1, 0.15) is 0 Å². The zero-order chi connectivity index (χ0) is 13.8. The van der Waals surface area contributed by atoms with E-state index in [-0.39, 0.29) is 6.04 Å². The number of rotatable bonds is 5. The van der Waals surface area contributed by atoms with E-state index in [1.807, 2.05) is 43.1 Å². The highest BCUT2D eigenvalue weighted by Crippen LogP contribution is 2.19. The fourth-order valence-electron chi connectivity index (χ4n) is 1.87. The number of carbonyl (C=O) groups excluding carboxylic acids is 1. The predicted molar refractivity (Wildman–Crippen MR) is 74.9 cm³/mol. The number of hydrogen-bond acceptors (Lipinski definition) is 3. The summed E-state index contributed by atoms with van der Waals surface area (Å²) in [6.45, 7) is 4.95. The minimum absolute atomic E-state index is 0.114. The van der Waals surface area contributed by atoms with Crippen molar-refractivity contribution in [3.05, 3.63) is 47.8 Å². The van der Waals surface area contributed by atoms with Gasteiger partial charge in [-0.2, -0.15) is 5.10 Å². The first-order chi connectivity index (χ1) is 9.10. The molecular weight excluding hydrogens is 240 g/mol. The molecule has 0 fully saturated rings. The van der Waals surface area contributed by atoms with Crippen LogP contribution in [-0.2, 0) is 6.54 Å². The minimum atomic E-state index is -0.421. The lowest BCUT2D eigenvalue weighted by Crippen LogP contribution is -2.12. The number of benzene rings is 1. The van der Waals surface area contributed by atoms with Gasteiger partial charge in [0.15, 0.2) is 0 Å². The summed E-state index contributed by atoms with van der Waals surface area (Å²) in [4.78, 5) is 11.1. The highest BCUT2D eigenvalue weighted by Gasteiger charge is 2.08. The average molecular weight is 258 g/mol. The van der Waals surface area contributed by atoms with Crippen molar-refractivity contribution in [3.8, 4) is 0 Å². The molecule has 1 atom stereocenters. The van der Waals surface area contributed by atoms with Crippen molar-refractivity contribution in [1.82, 2.24) is 9.78 Å². The van der Waals surface area contributed by atoms with Crippen molar-refractivity contribution in [1.29, 1.82) is 0 Å². The molecule has 0 aliphatic carbocycles. The SMILES string of the molecule is CCn1cc(C(C)Nc2cccc(C(N)=O)c2)cn1. The third-order valence-electron chi connectivity index (χ3n) is 3.01. The Bertz CT molecular complexity index is 576. The molecular formula is C14H18N4O. The van der Waals surface area contributed by atoms with Crippen LogP contribution in [0, 0.1) is 0 Å². The Hall–Kier alpha value is -2.30. The molecule has 0 aliphatic rings. The average Bonchev–Trinajstić information content (AvgIpc) is 2.88. The predicted octanol–water partition coefficient (Wildman–Crippen LogP) is 2.17. The van der Waals surface area contributed by atoms with Gasteiger partial charge in [0, 0.05) is 29.6 Å².